The van der Waals surface area contributed by atoms with Crippen LogP contribution in [-0.4, -0.2) is 36.3 Å². The van der Waals surface area contributed by atoms with Gasteiger partial charge in [0.2, 0.25) is 0 Å². The predicted molar refractivity (Wildman–Crippen MR) is 44.4 cm³/mol. The summed E-state index contributed by atoms with van der Waals surface area (Å²) in [6.07, 6.45) is 0.377. The maximum absolute atomic E-state index is 13.0. The molecule has 1 rings (SSSR count). The van der Waals surface area contributed by atoms with Gasteiger partial charge in [0.15, 0.2) is 0 Å². The van der Waals surface area contributed by atoms with Gasteiger partial charge in [-0.15, -0.1) is 0 Å². The molecule has 0 saturated heterocycles. The Balaban J connectivity index is 3.16. The first kappa shape index (κ1) is 15.7. The van der Waals surface area contributed by atoms with Gasteiger partial charge in [-0.3, -0.25) is 0 Å². The highest BCUT2D eigenvalue weighted by atomic mass is 19.4. The Morgan fingerprint density at radius 3 is 1.68 bits per heavy atom. The fraction of sp³-hybridized carbons (Fsp3) is 0.667. The Morgan fingerprint density at radius 2 is 1.37 bits per heavy atom. The van der Waals surface area contributed by atoms with E-state index < -0.39 is 42.2 Å². The number of rotatable bonds is 3. The first-order chi connectivity index (χ1) is 8.34. The Labute approximate surface area is 101 Å². The molecule has 0 aromatic rings. The highest BCUT2D eigenvalue weighted by Gasteiger charge is 2.93. The molecule has 1 aliphatic rings. The molecule has 19 heavy (non-hydrogen) atoms. The van der Waals surface area contributed by atoms with Gasteiger partial charge in [-0.2, -0.15) is 35.1 Å². The van der Waals surface area contributed by atoms with Crippen LogP contribution in [0.4, 0.5) is 35.1 Å². The second kappa shape index (κ2) is 4.07. The van der Waals surface area contributed by atoms with Crippen LogP contribution in [0.2, 0.25) is 0 Å². The minimum atomic E-state index is -6.26. The Kier molecular flexibility index (Phi) is 3.37. The lowest BCUT2D eigenvalue weighted by atomic mass is 10.0. The number of esters is 1. The summed E-state index contributed by atoms with van der Waals surface area (Å²) in [5.74, 6) is -29.3. The summed E-state index contributed by atoms with van der Waals surface area (Å²) in [5.41, 5.74) is 0. The highest BCUT2D eigenvalue weighted by molar-refractivity contribution is 5.81. The fourth-order valence-electron chi connectivity index (χ4n) is 1.52. The molecule has 0 spiro atoms. The van der Waals surface area contributed by atoms with E-state index in [-0.39, 0.29) is 0 Å². The molecule has 0 atom stereocenters. The monoisotopic (exact) mass is 298 g/mol. The number of ether oxygens (including phenoxy) is 1. The average Bonchev–Trinajstić information content (AvgIpc) is 2.32. The fourth-order valence-corrected chi connectivity index (χ4v) is 1.52. The van der Waals surface area contributed by atoms with E-state index in [2.05, 4.69) is 11.3 Å². The van der Waals surface area contributed by atoms with Crippen LogP contribution in [0.1, 0.15) is 0 Å². The van der Waals surface area contributed by atoms with Crippen molar-refractivity contribution in [1.82, 2.24) is 0 Å². The summed E-state index contributed by atoms with van der Waals surface area (Å²) in [5, 5.41) is 0. The van der Waals surface area contributed by atoms with Gasteiger partial charge in [0.1, 0.15) is 12.5 Å². The van der Waals surface area contributed by atoms with Crippen LogP contribution in [0.15, 0.2) is 12.7 Å². The predicted octanol–water partition coefficient (Wildman–Crippen LogP) is 2.89. The highest BCUT2D eigenvalue weighted by Crippen LogP contribution is 2.65. The maximum Gasteiger partial charge on any atom is 0.378 e. The van der Waals surface area contributed by atoms with Gasteiger partial charge in [-0.1, -0.05) is 6.58 Å². The summed E-state index contributed by atoms with van der Waals surface area (Å²) in [6.45, 7) is 0.800. The zero-order valence-corrected chi connectivity index (χ0v) is 8.91. The van der Waals surface area contributed by atoms with E-state index in [1.54, 1.807) is 0 Å². The average molecular weight is 298 g/mol. The molecule has 2 nitrogen and oxygen atoms in total. The molecule has 1 saturated carbocycles. The lowest BCUT2D eigenvalue weighted by Gasteiger charge is -2.23. The smallest absolute Gasteiger partial charge is 0.378 e. The third-order valence-electron chi connectivity index (χ3n) is 2.67. The Bertz CT molecular complexity index is 377. The van der Waals surface area contributed by atoms with Crippen LogP contribution >= 0.6 is 0 Å². The van der Waals surface area contributed by atoms with Crippen LogP contribution in [-0.2, 0) is 9.53 Å². The summed E-state index contributed by atoms with van der Waals surface area (Å²) >= 11 is 0. The number of carbonyl (C=O) groups is 1. The molecule has 1 fully saturated rings. The van der Waals surface area contributed by atoms with Crippen LogP contribution in [0.3, 0.4) is 0 Å². The van der Waals surface area contributed by atoms with E-state index in [4.69, 9.17) is 0 Å². The minimum Gasteiger partial charge on any atom is -0.462 e. The zero-order chi connectivity index (χ0) is 15.3. The second-order valence-corrected chi connectivity index (χ2v) is 3.78. The van der Waals surface area contributed by atoms with E-state index in [0.717, 1.165) is 0 Å². The molecule has 1 aliphatic carbocycles. The van der Waals surface area contributed by atoms with Gasteiger partial charge in [0.25, 0.3) is 0 Å². The van der Waals surface area contributed by atoms with Gasteiger partial charge in [-0.05, 0) is 0 Å². The minimum absolute atomic E-state index is 0.377. The standard InChI is InChI=1S/C9H6F8O2/c1-2-5(18)19-3-4-6(10,11)8(14,15)9(16,17)7(4,12)13/h2,4H,1,3H2. The van der Waals surface area contributed by atoms with Gasteiger partial charge in [0.05, 0.1) is 0 Å². The van der Waals surface area contributed by atoms with Crippen molar-refractivity contribution in [1.29, 1.82) is 0 Å². The largest absolute Gasteiger partial charge is 0.462 e. The molecule has 0 aliphatic heterocycles. The molecule has 0 aromatic carbocycles. The van der Waals surface area contributed by atoms with Crippen LogP contribution in [0.5, 0.6) is 0 Å². The van der Waals surface area contributed by atoms with Gasteiger partial charge in [-0.25, -0.2) is 4.79 Å². The molecule has 10 heteroatoms. The molecule has 0 N–H and O–H groups in total. The lowest BCUT2D eigenvalue weighted by Crippen LogP contribution is -2.51. The summed E-state index contributed by atoms with van der Waals surface area (Å²) in [4.78, 5) is 10.5. The number of hydrogen-bond acceptors (Lipinski definition) is 2. The summed E-state index contributed by atoms with van der Waals surface area (Å²) in [7, 11) is 0. The van der Waals surface area contributed by atoms with Gasteiger partial charge < -0.3 is 4.74 Å². The molecular weight excluding hydrogens is 292 g/mol. The molecule has 0 bridgehead atoms. The first-order valence-corrected chi connectivity index (χ1v) is 4.64. The molecular formula is C9H6F8O2. The van der Waals surface area contributed by atoms with E-state index in [1.165, 1.54) is 0 Å². The van der Waals surface area contributed by atoms with E-state index in [9.17, 15) is 39.9 Å². The number of halogens is 8. The van der Waals surface area contributed by atoms with Crippen molar-refractivity contribution in [2.45, 2.75) is 23.7 Å². The molecule has 0 heterocycles. The van der Waals surface area contributed by atoms with Crippen molar-refractivity contribution < 1.29 is 44.7 Å². The molecule has 0 unspecified atom stereocenters. The van der Waals surface area contributed by atoms with Crippen molar-refractivity contribution in [3.63, 3.8) is 0 Å². The van der Waals surface area contributed by atoms with Crippen molar-refractivity contribution in [3.05, 3.63) is 12.7 Å². The number of hydrogen-bond donors (Lipinski definition) is 0. The van der Waals surface area contributed by atoms with Gasteiger partial charge in [0, 0.05) is 6.08 Å². The molecule has 0 radical (unpaired) electrons. The summed E-state index contributed by atoms with van der Waals surface area (Å²) < 4.78 is 107. The van der Waals surface area contributed by atoms with E-state index in [1.807, 2.05) is 0 Å². The van der Waals surface area contributed by atoms with Crippen LogP contribution in [0, 0.1) is 5.92 Å². The molecule has 0 amide bonds. The van der Waals surface area contributed by atoms with Crippen molar-refractivity contribution in [3.8, 4) is 0 Å². The zero-order valence-electron chi connectivity index (χ0n) is 8.91. The molecule has 0 aromatic heterocycles. The topological polar surface area (TPSA) is 26.3 Å². The third kappa shape index (κ3) is 1.79. The van der Waals surface area contributed by atoms with Crippen molar-refractivity contribution in [2.75, 3.05) is 6.61 Å². The summed E-state index contributed by atoms with van der Waals surface area (Å²) in [6, 6.07) is 0. The van der Waals surface area contributed by atoms with Crippen molar-refractivity contribution in [2.24, 2.45) is 5.92 Å². The lowest BCUT2D eigenvalue weighted by molar-refractivity contribution is -0.303. The number of alkyl halides is 8. The second-order valence-electron chi connectivity index (χ2n) is 3.78. The van der Waals surface area contributed by atoms with E-state index in [0.29, 0.717) is 6.08 Å². The van der Waals surface area contributed by atoms with E-state index >= 15 is 0 Å². The first-order valence-electron chi connectivity index (χ1n) is 4.64. The van der Waals surface area contributed by atoms with Crippen LogP contribution in [0.25, 0.3) is 0 Å². The SMILES string of the molecule is C=CC(=O)OCC1C(F)(F)C(F)(F)C(F)(F)C1(F)F. The van der Waals surface area contributed by atoms with Crippen LogP contribution < -0.4 is 0 Å². The Hall–Kier alpha value is -1.35. The normalized spacial score (nSPS) is 26.9. The van der Waals surface area contributed by atoms with Gasteiger partial charge >= 0.3 is 29.7 Å². The quantitative estimate of drug-likeness (QED) is 0.455. The third-order valence-corrected chi connectivity index (χ3v) is 2.67. The maximum atomic E-state index is 13.0. The van der Waals surface area contributed by atoms with Crippen molar-refractivity contribution >= 4 is 5.97 Å². The number of carbonyl (C=O) groups excluding carboxylic acids is 1. The molecule has 110 valence electrons. The Morgan fingerprint density at radius 1 is 1.00 bits per heavy atom.